The van der Waals surface area contributed by atoms with Gasteiger partial charge in [-0.1, -0.05) is 23.7 Å². The predicted octanol–water partition coefficient (Wildman–Crippen LogP) is 3.36. The smallest absolute Gasteiger partial charge is 0.377 e. The maximum absolute atomic E-state index is 13.4. The van der Waals surface area contributed by atoms with Gasteiger partial charge in [0.15, 0.2) is 0 Å². The second kappa shape index (κ2) is 8.92. The Morgan fingerprint density at radius 3 is 2.55 bits per heavy atom. The average Bonchev–Trinajstić information content (AvgIpc) is 3.18. The van der Waals surface area contributed by atoms with Crippen molar-refractivity contribution in [1.29, 1.82) is 0 Å². The molecule has 0 unspecified atom stereocenters. The standard InChI is InChI=1S/C23H22ClFN4O4/c1-12-10-29(13(2)9-28(12)11-14-3-5-15(25)6-4-14)22(31)20-17(24)7-18-19(27-20)16(8-26-18)21(30)23(32)33/h3-8,12-13,26H,9-11H2,1-2H3,(H,32,33)/t12-,13+/m0/s1. The van der Waals surface area contributed by atoms with Crippen LogP contribution in [0.3, 0.4) is 0 Å². The number of carbonyl (C=O) groups excluding carboxylic acids is 2. The van der Waals surface area contributed by atoms with Crippen LogP contribution >= 0.6 is 11.6 Å². The number of hydrogen-bond donors (Lipinski definition) is 2. The molecule has 1 aliphatic rings. The zero-order valence-corrected chi connectivity index (χ0v) is 18.8. The highest BCUT2D eigenvalue weighted by atomic mass is 35.5. The maximum Gasteiger partial charge on any atom is 0.377 e. The minimum absolute atomic E-state index is 0.0223. The topological polar surface area (TPSA) is 107 Å². The summed E-state index contributed by atoms with van der Waals surface area (Å²) in [6.45, 7) is 5.57. The van der Waals surface area contributed by atoms with E-state index in [2.05, 4.69) is 14.9 Å². The van der Waals surface area contributed by atoms with Gasteiger partial charge in [-0.3, -0.25) is 14.5 Å². The Kier molecular flexibility index (Phi) is 6.18. The number of pyridine rings is 1. The fourth-order valence-electron chi connectivity index (χ4n) is 4.12. The number of carboxylic acids is 1. The SMILES string of the molecule is C[C@@H]1CN(Cc2ccc(F)cc2)[C@@H](C)CN1C(=O)c1nc2c(C(=O)C(=O)O)c[nH]c2cc1Cl. The van der Waals surface area contributed by atoms with Gasteiger partial charge in [-0.2, -0.15) is 0 Å². The number of ketones is 1. The molecule has 1 saturated heterocycles. The van der Waals surface area contributed by atoms with E-state index >= 15 is 0 Å². The van der Waals surface area contributed by atoms with Crippen molar-refractivity contribution in [3.8, 4) is 0 Å². The molecular formula is C23H22ClFN4O4. The van der Waals surface area contributed by atoms with Crippen LogP contribution in [-0.2, 0) is 11.3 Å². The number of carbonyl (C=O) groups is 3. The largest absolute Gasteiger partial charge is 0.475 e. The molecule has 8 nitrogen and oxygen atoms in total. The van der Waals surface area contributed by atoms with Crippen molar-refractivity contribution in [2.45, 2.75) is 32.5 Å². The Bertz CT molecular complexity index is 1240. The van der Waals surface area contributed by atoms with E-state index in [-0.39, 0.29) is 39.7 Å². The number of amides is 1. The van der Waals surface area contributed by atoms with Crippen molar-refractivity contribution in [2.75, 3.05) is 13.1 Å². The second-order valence-electron chi connectivity index (χ2n) is 8.26. The van der Waals surface area contributed by atoms with Crippen LogP contribution in [0.4, 0.5) is 4.39 Å². The zero-order valence-electron chi connectivity index (χ0n) is 18.0. The van der Waals surface area contributed by atoms with E-state index in [1.54, 1.807) is 17.0 Å². The lowest BCUT2D eigenvalue weighted by molar-refractivity contribution is -0.131. The van der Waals surface area contributed by atoms with Crippen molar-refractivity contribution < 1.29 is 23.9 Å². The van der Waals surface area contributed by atoms with Gasteiger partial charge >= 0.3 is 5.97 Å². The number of nitrogens with zero attached hydrogens (tertiary/aromatic N) is 3. The molecule has 33 heavy (non-hydrogen) atoms. The third-order valence-corrected chi connectivity index (χ3v) is 6.21. The number of H-pyrrole nitrogens is 1. The van der Waals surface area contributed by atoms with Crippen LogP contribution in [0.25, 0.3) is 11.0 Å². The fraction of sp³-hybridized carbons (Fsp3) is 0.304. The number of rotatable bonds is 5. The summed E-state index contributed by atoms with van der Waals surface area (Å²) in [5.74, 6) is -3.41. The molecule has 0 spiro atoms. The molecule has 10 heteroatoms. The summed E-state index contributed by atoms with van der Waals surface area (Å²) >= 11 is 6.33. The molecular weight excluding hydrogens is 451 g/mol. The number of Topliss-reactive ketones (excluding diaryl/α,β-unsaturated/α-hetero) is 1. The van der Waals surface area contributed by atoms with Gasteiger partial charge in [0.1, 0.15) is 17.0 Å². The highest BCUT2D eigenvalue weighted by Crippen LogP contribution is 2.27. The third kappa shape index (κ3) is 4.46. The molecule has 3 aromatic rings. The van der Waals surface area contributed by atoms with Crippen LogP contribution in [0, 0.1) is 5.82 Å². The molecule has 0 aliphatic carbocycles. The minimum Gasteiger partial charge on any atom is -0.475 e. The molecule has 0 bridgehead atoms. The quantitative estimate of drug-likeness (QED) is 0.435. The van der Waals surface area contributed by atoms with E-state index in [4.69, 9.17) is 16.7 Å². The number of benzene rings is 1. The monoisotopic (exact) mass is 472 g/mol. The van der Waals surface area contributed by atoms with Crippen LogP contribution < -0.4 is 0 Å². The Labute approximate surface area is 194 Å². The molecule has 4 rings (SSSR count). The average molecular weight is 473 g/mol. The van der Waals surface area contributed by atoms with E-state index in [9.17, 15) is 18.8 Å². The molecule has 0 radical (unpaired) electrons. The Hall–Kier alpha value is -3.30. The first-order valence-electron chi connectivity index (χ1n) is 10.4. The van der Waals surface area contributed by atoms with Crippen molar-refractivity contribution in [2.24, 2.45) is 0 Å². The minimum atomic E-state index is -1.61. The van der Waals surface area contributed by atoms with Crippen LogP contribution in [0.15, 0.2) is 36.5 Å². The first kappa shape index (κ1) is 22.9. The number of fused-ring (bicyclic) bond motifs is 1. The van der Waals surface area contributed by atoms with Gasteiger partial charge in [0, 0.05) is 37.9 Å². The summed E-state index contributed by atoms with van der Waals surface area (Å²) in [5, 5.41) is 9.15. The van der Waals surface area contributed by atoms with E-state index < -0.39 is 17.7 Å². The molecule has 2 N–H and O–H groups in total. The fourth-order valence-corrected chi connectivity index (χ4v) is 4.35. The van der Waals surface area contributed by atoms with Crippen molar-refractivity contribution in [3.63, 3.8) is 0 Å². The van der Waals surface area contributed by atoms with Crippen LogP contribution in [-0.4, -0.2) is 67.7 Å². The lowest BCUT2D eigenvalue weighted by Crippen LogP contribution is -2.57. The molecule has 2 atom stereocenters. The van der Waals surface area contributed by atoms with Gasteiger partial charge < -0.3 is 15.0 Å². The summed E-state index contributed by atoms with van der Waals surface area (Å²) in [5.41, 5.74) is 1.27. The number of aromatic amines is 1. The Balaban J connectivity index is 1.57. The molecule has 3 heterocycles. The first-order chi connectivity index (χ1) is 15.7. The summed E-state index contributed by atoms with van der Waals surface area (Å²) < 4.78 is 13.2. The maximum atomic E-state index is 13.4. The molecule has 1 aromatic carbocycles. The van der Waals surface area contributed by atoms with Crippen LogP contribution in [0.5, 0.6) is 0 Å². The number of halogens is 2. The summed E-state index contributed by atoms with van der Waals surface area (Å²) in [6.07, 6.45) is 1.25. The van der Waals surface area contributed by atoms with Gasteiger partial charge in [-0.05, 0) is 37.6 Å². The van der Waals surface area contributed by atoms with Gasteiger partial charge in [0.05, 0.1) is 16.1 Å². The molecule has 172 valence electrons. The van der Waals surface area contributed by atoms with E-state index in [0.717, 1.165) is 5.56 Å². The molecule has 0 saturated carbocycles. The Morgan fingerprint density at radius 2 is 1.88 bits per heavy atom. The van der Waals surface area contributed by atoms with E-state index in [0.29, 0.717) is 25.2 Å². The van der Waals surface area contributed by atoms with Crippen molar-refractivity contribution >= 4 is 40.3 Å². The van der Waals surface area contributed by atoms with Gasteiger partial charge in [-0.15, -0.1) is 0 Å². The molecule has 2 aromatic heterocycles. The summed E-state index contributed by atoms with van der Waals surface area (Å²) in [4.78, 5) is 47.4. The van der Waals surface area contributed by atoms with Gasteiger partial charge in [0.25, 0.3) is 11.7 Å². The zero-order chi connectivity index (χ0) is 23.9. The van der Waals surface area contributed by atoms with Crippen LogP contribution in [0.1, 0.15) is 40.3 Å². The van der Waals surface area contributed by atoms with Crippen LogP contribution in [0.2, 0.25) is 5.02 Å². The number of piperazine rings is 1. The van der Waals surface area contributed by atoms with E-state index in [1.807, 2.05) is 13.8 Å². The highest BCUT2D eigenvalue weighted by molar-refractivity contribution is 6.42. The lowest BCUT2D eigenvalue weighted by atomic mass is 10.1. The normalized spacial score (nSPS) is 19.1. The number of aliphatic carboxylic acids is 1. The van der Waals surface area contributed by atoms with Gasteiger partial charge in [-0.25, -0.2) is 14.2 Å². The molecule has 1 amide bonds. The summed E-state index contributed by atoms with van der Waals surface area (Å²) in [6, 6.07) is 7.68. The molecule has 1 fully saturated rings. The number of hydrogen-bond acceptors (Lipinski definition) is 5. The lowest BCUT2D eigenvalue weighted by Gasteiger charge is -2.44. The molecule has 1 aliphatic heterocycles. The predicted molar refractivity (Wildman–Crippen MR) is 120 cm³/mol. The summed E-state index contributed by atoms with van der Waals surface area (Å²) in [7, 11) is 0. The van der Waals surface area contributed by atoms with E-state index in [1.165, 1.54) is 24.4 Å². The highest BCUT2D eigenvalue weighted by Gasteiger charge is 2.34. The Morgan fingerprint density at radius 1 is 1.18 bits per heavy atom. The second-order valence-corrected chi connectivity index (χ2v) is 8.67. The number of nitrogens with one attached hydrogen (secondary N) is 1. The van der Waals surface area contributed by atoms with Gasteiger partial charge in [0.2, 0.25) is 0 Å². The first-order valence-corrected chi connectivity index (χ1v) is 10.8. The number of aromatic nitrogens is 2. The van der Waals surface area contributed by atoms with Crippen molar-refractivity contribution in [1.82, 2.24) is 19.8 Å². The van der Waals surface area contributed by atoms with Crippen molar-refractivity contribution in [3.05, 3.63) is 64.2 Å². The number of carboxylic acid groups (broad SMARTS) is 1. The third-order valence-electron chi connectivity index (χ3n) is 5.92.